The first-order valence-corrected chi connectivity index (χ1v) is 4.14. The van der Waals surface area contributed by atoms with Gasteiger partial charge in [-0.25, -0.2) is 0 Å². The Kier molecular flexibility index (Phi) is 4.34. The fourth-order valence-corrected chi connectivity index (χ4v) is 1.69. The van der Waals surface area contributed by atoms with E-state index in [0.717, 1.165) is 6.04 Å². The van der Waals surface area contributed by atoms with Crippen LogP contribution in [0.25, 0.3) is 0 Å². The fraction of sp³-hybridized carbons (Fsp3) is 0.778. The zero-order chi connectivity index (χ0) is 7.61. The number of rotatable bonds is 1. The molecule has 1 unspecified atom stereocenters. The predicted octanol–water partition coefficient (Wildman–Crippen LogP) is -1.19. The zero-order valence-corrected chi connectivity index (χ0v) is 9.26. The highest BCUT2D eigenvalue weighted by Crippen LogP contribution is 2.18. The Morgan fingerprint density at radius 2 is 2.00 bits per heavy atom. The molecule has 1 aliphatic heterocycles. The normalized spacial score (nSPS) is 27.7. The van der Waals surface area contributed by atoms with Crippen molar-refractivity contribution >= 4 is 0 Å². The van der Waals surface area contributed by atoms with Crippen LogP contribution in [0.5, 0.6) is 0 Å². The van der Waals surface area contributed by atoms with Crippen molar-refractivity contribution in [3.63, 3.8) is 0 Å². The maximum atomic E-state index is 2.32. The number of hydrogen-bond donors (Lipinski definition) is 0. The van der Waals surface area contributed by atoms with Crippen LogP contribution in [0.1, 0.15) is 19.8 Å². The van der Waals surface area contributed by atoms with Gasteiger partial charge in [-0.2, -0.15) is 0 Å². The second-order valence-corrected chi connectivity index (χ2v) is 3.73. The minimum Gasteiger partial charge on any atom is -1.00 e. The topological polar surface area (TPSA) is 0 Å². The molecule has 1 nitrogen and oxygen atoms in total. The molecule has 11 heavy (non-hydrogen) atoms. The first kappa shape index (κ1) is 11.2. The average Bonchev–Trinajstić information content (AvgIpc) is 1.87. The summed E-state index contributed by atoms with van der Waals surface area (Å²) in [4.78, 5) is 0. The van der Waals surface area contributed by atoms with Crippen molar-refractivity contribution in [3.8, 4) is 0 Å². The maximum Gasteiger partial charge on any atom is 0.0971 e. The van der Waals surface area contributed by atoms with Gasteiger partial charge < -0.3 is 21.5 Å². The number of quaternary nitrogens is 1. The lowest BCUT2D eigenvalue weighted by Crippen LogP contribution is -3.00. The van der Waals surface area contributed by atoms with Crippen molar-refractivity contribution in [1.82, 2.24) is 0 Å². The van der Waals surface area contributed by atoms with Crippen LogP contribution in [-0.2, 0) is 0 Å². The van der Waals surface area contributed by atoms with Crippen LogP contribution in [0.3, 0.4) is 0 Å². The second kappa shape index (κ2) is 4.27. The lowest BCUT2D eigenvalue weighted by molar-refractivity contribution is -0.911. The SMILES string of the molecule is CCC1CC=CC[N+]1(C)C.[Br-]. The Morgan fingerprint density at radius 3 is 2.36 bits per heavy atom. The number of hydrogen-bond acceptors (Lipinski definition) is 0. The Labute approximate surface area is 80.4 Å². The van der Waals surface area contributed by atoms with E-state index in [2.05, 4.69) is 33.2 Å². The van der Waals surface area contributed by atoms with Gasteiger partial charge in [0.2, 0.25) is 0 Å². The summed E-state index contributed by atoms with van der Waals surface area (Å²) >= 11 is 0. The third-order valence-corrected chi connectivity index (χ3v) is 2.61. The van der Waals surface area contributed by atoms with Gasteiger partial charge in [-0.15, -0.1) is 0 Å². The Morgan fingerprint density at radius 1 is 1.36 bits per heavy atom. The average molecular weight is 220 g/mol. The van der Waals surface area contributed by atoms with Gasteiger partial charge in [0.25, 0.3) is 0 Å². The lowest BCUT2D eigenvalue weighted by atomic mass is 10.0. The van der Waals surface area contributed by atoms with E-state index >= 15 is 0 Å². The molecule has 0 amide bonds. The Bertz CT molecular complexity index is 140. The van der Waals surface area contributed by atoms with E-state index in [1.54, 1.807) is 0 Å². The van der Waals surface area contributed by atoms with E-state index in [0.29, 0.717) is 0 Å². The largest absolute Gasteiger partial charge is 1.00 e. The van der Waals surface area contributed by atoms with Crippen molar-refractivity contribution in [3.05, 3.63) is 12.2 Å². The number of halogens is 1. The zero-order valence-electron chi connectivity index (χ0n) is 7.68. The summed E-state index contributed by atoms with van der Waals surface area (Å²) in [7, 11) is 4.63. The van der Waals surface area contributed by atoms with E-state index in [9.17, 15) is 0 Å². The van der Waals surface area contributed by atoms with Gasteiger partial charge in [0, 0.05) is 6.42 Å². The molecule has 0 saturated carbocycles. The molecule has 0 aromatic heterocycles. The molecule has 0 aromatic rings. The third kappa shape index (κ3) is 2.60. The molecule has 2 heteroatoms. The fourth-order valence-electron chi connectivity index (χ4n) is 1.69. The van der Waals surface area contributed by atoms with Gasteiger partial charge in [-0.1, -0.05) is 13.0 Å². The van der Waals surface area contributed by atoms with Crippen LogP contribution >= 0.6 is 0 Å². The molecule has 0 aromatic carbocycles. The minimum atomic E-state index is 0. The van der Waals surface area contributed by atoms with E-state index in [4.69, 9.17) is 0 Å². The van der Waals surface area contributed by atoms with E-state index in [1.165, 1.54) is 23.9 Å². The number of nitrogens with zero attached hydrogens (tertiary/aromatic N) is 1. The van der Waals surface area contributed by atoms with Crippen molar-refractivity contribution < 1.29 is 21.5 Å². The molecule has 0 radical (unpaired) electrons. The van der Waals surface area contributed by atoms with E-state index in [1.807, 2.05) is 0 Å². The highest BCUT2D eigenvalue weighted by molar-refractivity contribution is 4.88. The molecule has 66 valence electrons. The van der Waals surface area contributed by atoms with E-state index < -0.39 is 0 Å². The van der Waals surface area contributed by atoms with Crippen molar-refractivity contribution in [2.45, 2.75) is 25.8 Å². The van der Waals surface area contributed by atoms with Crippen LogP contribution < -0.4 is 17.0 Å². The molecule has 0 aliphatic carbocycles. The highest BCUT2D eigenvalue weighted by Gasteiger charge is 2.26. The lowest BCUT2D eigenvalue weighted by Gasteiger charge is -2.38. The summed E-state index contributed by atoms with van der Waals surface area (Å²) in [5.74, 6) is 0. The highest BCUT2D eigenvalue weighted by atomic mass is 79.9. The molecule has 1 heterocycles. The van der Waals surface area contributed by atoms with E-state index in [-0.39, 0.29) is 17.0 Å². The molecule has 1 aliphatic rings. The predicted molar refractivity (Wildman–Crippen MR) is 44.8 cm³/mol. The molecule has 1 rings (SSSR count). The van der Waals surface area contributed by atoms with Crippen LogP contribution in [-0.4, -0.2) is 31.2 Å². The Balaban J connectivity index is 0.000001000. The minimum absolute atomic E-state index is 0. The standard InChI is InChI=1S/C9H18N.BrH/c1-4-9-7-5-6-8-10(9,2)3;/h5-6,9H,4,7-8H2,1-3H3;1H/q+1;/p-1. The first-order chi connectivity index (χ1) is 4.67. The van der Waals surface area contributed by atoms with Gasteiger partial charge in [0.15, 0.2) is 0 Å². The maximum absolute atomic E-state index is 2.32. The van der Waals surface area contributed by atoms with Crippen molar-refractivity contribution in [2.24, 2.45) is 0 Å². The van der Waals surface area contributed by atoms with Crippen LogP contribution in [0.4, 0.5) is 0 Å². The quantitative estimate of drug-likeness (QED) is 0.385. The van der Waals surface area contributed by atoms with Crippen LogP contribution in [0.2, 0.25) is 0 Å². The van der Waals surface area contributed by atoms with Crippen LogP contribution in [0, 0.1) is 0 Å². The number of likely N-dealkylation sites (N-methyl/N-ethyl adjacent to an activating group) is 1. The smallest absolute Gasteiger partial charge is 0.0971 e. The molecular weight excluding hydrogens is 202 g/mol. The summed E-state index contributed by atoms with van der Waals surface area (Å²) in [6, 6.07) is 0.852. The third-order valence-electron chi connectivity index (χ3n) is 2.61. The van der Waals surface area contributed by atoms with Gasteiger partial charge in [-0.05, 0) is 12.5 Å². The summed E-state index contributed by atoms with van der Waals surface area (Å²) in [6.07, 6.45) is 7.19. The molecule has 0 spiro atoms. The van der Waals surface area contributed by atoms with Gasteiger partial charge in [0.1, 0.15) is 0 Å². The van der Waals surface area contributed by atoms with Crippen molar-refractivity contribution in [1.29, 1.82) is 0 Å². The second-order valence-electron chi connectivity index (χ2n) is 3.73. The van der Waals surface area contributed by atoms with Crippen LogP contribution in [0.15, 0.2) is 12.2 Å². The molecule has 0 fully saturated rings. The van der Waals surface area contributed by atoms with Gasteiger partial charge in [-0.3, -0.25) is 0 Å². The molecule has 0 N–H and O–H groups in total. The Hall–Kier alpha value is 0.180. The summed E-state index contributed by atoms with van der Waals surface area (Å²) < 4.78 is 1.17. The van der Waals surface area contributed by atoms with Gasteiger partial charge >= 0.3 is 0 Å². The van der Waals surface area contributed by atoms with Crippen molar-refractivity contribution in [2.75, 3.05) is 20.6 Å². The summed E-state index contributed by atoms with van der Waals surface area (Å²) in [5.41, 5.74) is 0. The molecule has 1 atom stereocenters. The molecule has 0 bridgehead atoms. The summed E-state index contributed by atoms with van der Waals surface area (Å²) in [5, 5.41) is 0. The van der Waals surface area contributed by atoms with Gasteiger partial charge in [0.05, 0.1) is 26.7 Å². The monoisotopic (exact) mass is 219 g/mol. The summed E-state index contributed by atoms with van der Waals surface area (Å²) in [6.45, 7) is 3.49. The molecular formula is C9H18BrN. The first-order valence-electron chi connectivity index (χ1n) is 4.14. The molecule has 0 saturated heterocycles.